The summed E-state index contributed by atoms with van der Waals surface area (Å²) >= 11 is 6.26. The molecule has 0 heterocycles. The molecule has 0 aliphatic rings. The average molecular weight is 304 g/mol. The molecular weight excluding hydrogens is 282 g/mol. The lowest BCUT2D eigenvalue weighted by Crippen LogP contribution is -2.23. The smallest absolute Gasteiger partial charge is 0.137 e. The fourth-order valence-electron chi connectivity index (χ4n) is 2.51. The van der Waals surface area contributed by atoms with Gasteiger partial charge >= 0.3 is 0 Å². The first-order valence-corrected chi connectivity index (χ1v) is 7.64. The maximum Gasteiger partial charge on any atom is 0.137 e. The number of nitrogens with one attached hydrogen (secondary N) is 1. The summed E-state index contributed by atoms with van der Waals surface area (Å²) in [5, 5.41) is 4.20. The van der Waals surface area contributed by atoms with Gasteiger partial charge in [0.05, 0.1) is 12.1 Å². The van der Waals surface area contributed by atoms with Crippen LogP contribution < -0.4 is 10.1 Å². The molecule has 0 saturated heterocycles. The van der Waals surface area contributed by atoms with E-state index in [1.54, 1.807) is 7.11 Å². The summed E-state index contributed by atoms with van der Waals surface area (Å²) in [7, 11) is 1.63. The third-order valence-corrected chi connectivity index (χ3v) is 4.01. The van der Waals surface area contributed by atoms with Crippen molar-refractivity contribution in [2.24, 2.45) is 0 Å². The van der Waals surface area contributed by atoms with Crippen molar-refractivity contribution in [3.05, 3.63) is 64.2 Å². The number of rotatable bonds is 6. The van der Waals surface area contributed by atoms with Gasteiger partial charge in [-0.1, -0.05) is 48.9 Å². The second kappa shape index (κ2) is 7.48. The molecule has 0 spiro atoms. The number of aryl methyl sites for hydroxylation is 1. The summed E-state index contributed by atoms with van der Waals surface area (Å²) < 4.78 is 5.22. The number of hydrogen-bond donors (Lipinski definition) is 1. The van der Waals surface area contributed by atoms with Crippen LogP contribution in [0, 0.1) is 6.92 Å². The Labute approximate surface area is 132 Å². The van der Waals surface area contributed by atoms with Gasteiger partial charge in [-0.15, -0.1) is 0 Å². The van der Waals surface area contributed by atoms with Crippen molar-refractivity contribution in [1.29, 1.82) is 0 Å². The Kier molecular flexibility index (Phi) is 5.66. The maximum absolute atomic E-state index is 6.26. The van der Waals surface area contributed by atoms with E-state index in [0.717, 1.165) is 13.0 Å². The molecule has 2 aromatic carbocycles. The zero-order chi connectivity index (χ0) is 15.2. The van der Waals surface area contributed by atoms with Crippen molar-refractivity contribution in [1.82, 2.24) is 5.32 Å². The normalized spacial score (nSPS) is 12.2. The van der Waals surface area contributed by atoms with Crippen LogP contribution in [0.15, 0.2) is 42.5 Å². The van der Waals surface area contributed by atoms with Crippen molar-refractivity contribution < 1.29 is 4.74 Å². The van der Waals surface area contributed by atoms with E-state index in [-0.39, 0.29) is 6.04 Å². The average Bonchev–Trinajstić information content (AvgIpc) is 2.49. The monoisotopic (exact) mass is 303 g/mol. The lowest BCUT2D eigenvalue weighted by Gasteiger charge is -2.20. The van der Waals surface area contributed by atoms with E-state index in [1.165, 1.54) is 16.7 Å². The summed E-state index contributed by atoms with van der Waals surface area (Å²) in [4.78, 5) is 0. The first kappa shape index (κ1) is 15.9. The highest BCUT2D eigenvalue weighted by Gasteiger charge is 2.14. The standard InChI is InChI=1S/C18H22ClNO/c1-4-20-17(12-14-8-6-5-7-13(14)2)15-9-10-18(21-3)16(19)11-15/h5-11,17,20H,4,12H2,1-3H3. The van der Waals surface area contributed by atoms with Crippen LogP contribution in [0.25, 0.3) is 0 Å². The summed E-state index contributed by atoms with van der Waals surface area (Å²) in [6.45, 7) is 5.19. The lowest BCUT2D eigenvalue weighted by molar-refractivity contribution is 0.414. The lowest BCUT2D eigenvalue weighted by atomic mass is 9.96. The predicted octanol–water partition coefficient (Wildman–Crippen LogP) is 4.55. The Bertz CT molecular complexity index is 598. The van der Waals surface area contributed by atoms with Crippen LogP contribution in [0.5, 0.6) is 5.75 Å². The Balaban J connectivity index is 2.26. The molecule has 2 rings (SSSR count). The SMILES string of the molecule is CCNC(Cc1ccccc1C)c1ccc(OC)c(Cl)c1. The van der Waals surface area contributed by atoms with E-state index in [4.69, 9.17) is 16.3 Å². The number of ether oxygens (including phenoxy) is 1. The minimum absolute atomic E-state index is 0.250. The minimum Gasteiger partial charge on any atom is -0.495 e. The third-order valence-electron chi connectivity index (χ3n) is 3.71. The number of likely N-dealkylation sites (N-methyl/N-ethyl adjacent to an activating group) is 1. The van der Waals surface area contributed by atoms with E-state index in [1.807, 2.05) is 12.1 Å². The zero-order valence-electron chi connectivity index (χ0n) is 12.8. The molecule has 0 aromatic heterocycles. The molecule has 112 valence electrons. The Morgan fingerprint density at radius 3 is 2.57 bits per heavy atom. The zero-order valence-corrected chi connectivity index (χ0v) is 13.6. The van der Waals surface area contributed by atoms with Gasteiger partial charge in [-0.3, -0.25) is 0 Å². The van der Waals surface area contributed by atoms with Crippen LogP contribution in [-0.2, 0) is 6.42 Å². The molecule has 1 N–H and O–H groups in total. The van der Waals surface area contributed by atoms with Crippen LogP contribution in [-0.4, -0.2) is 13.7 Å². The molecule has 21 heavy (non-hydrogen) atoms. The summed E-state index contributed by atoms with van der Waals surface area (Å²) in [5.74, 6) is 0.714. The molecule has 1 atom stereocenters. The molecule has 0 amide bonds. The van der Waals surface area contributed by atoms with Gasteiger partial charge < -0.3 is 10.1 Å². The van der Waals surface area contributed by atoms with Crippen molar-refractivity contribution in [2.75, 3.05) is 13.7 Å². The molecule has 2 nitrogen and oxygen atoms in total. The molecule has 0 aliphatic carbocycles. The van der Waals surface area contributed by atoms with Crippen molar-refractivity contribution in [3.63, 3.8) is 0 Å². The van der Waals surface area contributed by atoms with Gasteiger partial charge in [-0.25, -0.2) is 0 Å². The quantitative estimate of drug-likeness (QED) is 0.845. The fraction of sp³-hybridized carbons (Fsp3) is 0.333. The molecule has 1 unspecified atom stereocenters. The van der Waals surface area contributed by atoms with E-state index in [0.29, 0.717) is 10.8 Å². The van der Waals surface area contributed by atoms with Crippen LogP contribution in [0.4, 0.5) is 0 Å². The second-order valence-electron chi connectivity index (χ2n) is 5.13. The number of hydrogen-bond acceptors (Lipinski definition) is 2. The van der Waals surface area contributed by atoms with Crippen molar-refractivity contribution in [3.8, 4) is 5.75 Å². The van der Waals surface area contributed by atoms with Crippen molar-refractivity contribution >= 4 is 11.6 Å². The van der Waals surface area contributed by atoms with Crippen LogP contribution in [0.1, 0.15) is 29.7 Å². The molecule has 0 aliphatic heterocycles. The first-order chi connectivity index (χ1) is 10.2. The van der Waals surface area contributed by atoms with Gasteiger partial charge in [-0.2, -0.15) is 0 Å². The van der Waals surface area contributed by atoms with Gasteiger partial charge in [0.1, 0.15) is 5.75 Å². The van der Waals surface area contributed by atoms with Gasteiger partial charge in [0.25, 0.3) is 0 Å². The highest BCUT2D eigenvalue weighted by molar-refractivity contribution is 6.32. The first-order valence-electron chi connectivity index (χ1n) is 7.27. The van der Waals surface area contributed by atoms with Gasteiger partial charge in [0.15, 0.2) is 0 Å². The van der Waals surface area contributed by atoms with E-state index in [9.17, 15) is 0 Å². The van der Waals surface area contributed by atoms with Crippen molar-refractivity contribution in [2.45, 2.75) is 26.3 Å². The minimum atomic E-state index is 0.250. The largest absolute Gasteiger partial charge is 0.495 e. The van der Waals surface area contributed by atoms with E-state index in [2.05, 4.69) is 49.5 Å². The Morgan fingerprint density at radius 2 is 1.95 bits per heavy atom. The van der Waals surface area contributed by atoms with E-state index < -0.39 is 0 Å². The highest BCUT2D eigenvalue weighted by atomic mass is 35.5. The second-order valence-corrected chi connectivity index (χ2v) is 5.54. The van der Waals surface area contributed by atoms with E-state index >= 15 is 0 Å². The maximum atomic E-state index is 6.26. The Morgan fingerprint density at radius 1 is 1.19 bits per heavy atom. The molecule has 0 bridgehead atoms. The summed E-state index contributed by atoms with van der Waals surface area (Å²) in [5.41, 5.74) is 3.86. The molecule has 0 fully saturated rings. The molecule has 0 radical (unpaired) electrons. The topological polar surface area (TPSA) is 21.3 Å². The van der Waals surface area contributed by atoms with Gasteiger partial charge in [-0.05, 0) is 48.7 Å². The molecule has 0 saturated carbocycles. The Hall–Kier alpha value is -1.51. The highest BCUT2D eigenvalue weighted by Crippen LogP contribution is 2.29. The predicted molar refractivity (Wildman–Crippen MR) is 89.3 cm³/mol. The van der Waals surface area contributed by atoms with Crippen LogP contribution >= 0.6 is 11.6 Å². The summed E-state index contributed by atoms with van der Waals surface area (Å²) in [6.07, 6.45) is 0.948. The van der Waals surface area contributed by atoms with Gasteiger partial charge in [0.2, 0.25) is 0 Å². The molecular formula is C18H22ClNO. The third kappa shape index (κ3) is 3.99. The molecule has 3 heteroatoms. The fourth-order valence-corrected chi connectivity index (χ4v) is 2.78. The van der Waals surface area contributed by atoms with Crippen LogP contribution in [0.2, 0.25) is 5.02 Å². The van der Waals surface area contributed by atoms with Crippen LogP contribution in [0.3, 0.4) is 0 Å². The number of halogens is 1. The number of methoxy groups -OCH3 is 1. The van der Waals surface area contributed by atoms with Gasteiger partial charge in [0, 0.05) is 6.04 Å². The summed E-state index contributed by atoms with van der Waals surface area (Å²) in [6, 6.07) is 14.8. The molecule has 2 aromatic rings. The number of benzene rings is 2.